The number of hydrogen-bond acceptors (Lipinski definition) is 3. The van der Waals surface area contributed by atoms with Crippen molar-refractivity contribution in [1.82, 2.24) is 0 Å². The Morgan fingerprint density at radius 2 is 2.00 bits per heavy atom. The summed E-state index contributed by atoms with van der Waals surface area (Å²) < 4.78 is 7.24. The number of fused-ring (bicyclic) bond motifs is 1. The maximum atomic E-state index is 11.1. The molecular weight excluding hydrogens is 434 g/mol. The van der Waals surface area contributed by atoms with Crippen LogP contribution in [0.4, 0.5) is 0 Å². The number of benzene rings is 1. The molecule has 0 aliphatic carbocycles. The summed E-state index contributed by atoms with van der Waals surface area (Å²) in [5.74, 6) is -0.649. The molecule has 0 radical (unpaired) electrons. The second-order valence-corrected chi connectivity index (χ2v) is 5.57. The van der Waals surface area contributed by atoms with Gasteiger partial charge in [0.25, 0.3) is 5.91 Å². The average Bonchev–Trinajstić information content (AvgIpc) is 2.18. The van der Waals surface area contributed by atoms with Crippen molar-refractivity contribution in [3.8, 4) is 0 Å². The minimum absolute atomic E-state index is 0.102. The van der Waals surface area contributed by atoms with E-state index in [1.807, 2.05) is 12.1 Å². The van der Waals surface area contributed by atoms with Gasteiger partial charge in [-0.2, -0.15) is 0 Å². The third-order valence-electron chi connectivity index (χ3n) is 2.05. The van der Waals surface area contributed by atoms with E-state index in [4.69, 9.17) is 15.6 Å². The van der Waals surface area contributed by atoms with E-state index in [1.165, 1.54) is 0 Å². The van der Waals surface area contributed by atoms with Gasteiger partial charge in [-0.1, -0.05) is 0 Å². The number of primary amides is 1. The maximum Gasteiger partial charge on any atom is 0.254 e. The van der Waals surface area contributed by atoms with Gasteiger partial charge in [-0.25, -0.2) is 0 Å². The van der Waals surface area contributed by atoms with E-state index >= 15 is 0 Å². The van der Waals surface area contributed by atoms with Gasteiger partial charge in [-0.3, -0.25) is 10.2 Å². The SMILES string of the molecule is N=c1oc2c(I)cc(I)cc2cc1C(N)=O. The molecule has 0 saturated heterocycles. The summed E-state index contributed by atoms with van der Waals surface area (Å²) >= 11 is 4.31. The van der Waals surface area contributed by atoms with Gasteiger partial charge in [0.2, 0.25) is 5.55 Å². The molecule has 0 atom stereocenters. The van der Waals surface area contributed by atoms with Crippen LogP contribution < -0.4 is 11.3 Å². The zero-order chi connectivity index (χ0) is 11.9. The maximum absolute atomic E-state index is 11.1. The van der Waals surface area contributed by atoms with Crippen molar-refractivity contribution in [2.24, 2.45) is 5.73 Å². The number of carbonyl (C=O) groups excluding carboxylic acids is 1. The lowest BCUT2D eigenvalue weighted by Crippen LogP contribution is -2.20. The fourth-order valence-corrected chi connectivity index (χ4v) is 3.36. The molecule has 1 heterocycles. The Balaban J connectivity index is 2.90. The van der Waals surface area contributed by atoms with Gasteiger partial charge in [-0.05, 0) is 63.4 Å². The van der Waals surface area contributed by atoms with E-state index in [9.17, 15) is 4.79 Å². The molecule has 2 aromatic rings. The quantitative estimate of drug-likeness (QED) is 0.668. The van der Waals surface area contributed by atoms with E-state index in [0.717, 1.165) is 12.5 Å². The first-order chi connectivity index (χ1) is 7.49. The summed E-state index contributed by atoms with van der Waals surface area (Å²) in [7, 11) is 0. The number of amides is 1. The van der Waals surface area contributed by atoms with Crippen molar-refractivity contribution in [1.29, 1.82) is 5.41 Å². The molecule has 2 rings (SSSR count). The van der Waals surface area contributed by atoms with Crippen LogP contribution in [-0.2, 0) is 0 Å². The summed E-state index contributed by atoms with van der Waals surface area (Å²) in [6, 6.07) is 5.41. The van der Waals surface area contributed by atoms with Gasteiger partial charge < -0.3 is 10.2 Å². The monoisotopic (exact) mass is 440 g/mol. The Morgan fingerprint density at radius 3 is 2.62 bits per heavy atom. The average molecular weight is 440 g/mol. The molecule has 6 heteroatoms. The van der Waals surface area contributed by atoms with Gasteiger partial charge in [0.15, 0.2) is 0 Å². The highest BCUT2D eigenvalue weighted by molar-refractivity contribution is 14.1. The van der Waals surface area contributed by atoms with Gasteiger partial charge in [0.1, 0.15) is 11.1 Å². The summed E-state index contributed by atoms with van der Waals surface area (Å²) in [5.41, 5.74) is 5.67. The Bertz CT molecular complexity index is 649. The molecule has 0 aliphatic heterocycles. The Hall–Kier alpha value is -0.640. The number of rotatable bonds is 1. The summed E-state index contributed by atoms with van der Waals surface area (Å²) in [6.45, 7) is 0. The molecule has 1 aromatic heterocycles. The van der Waals surface area contributed by atoms with Crippen LogP contribution in [-0.4, -0.2) is 5.91 Å². The van der Waals surface area contributed by atoms with Gasteiger partial charge >= 0.3 is 0 Å². The second-order valence-electron chi connectivity index (χ2n) is 3.16. The molecule has 4 nitrogen and oxygen atoms in total. The molecule has 1 amide bonds. The van der Waals surface area contributed by atoms with Crippen molar-refractivity contribution in [2.75, 3.05) is 0 Å². The summed E-state index contributed by atoms with van der Waals surface area (Å²) in [6.07, 6.45) is 0. The lowest BCUT2D eigenvalue weighted by atomic mass is 10.2. The number of carbonyl (C=O) groups is 1. The predicted molar refractivity (Wildman–Crippen MR) is 76.0 cm³/mol. The van der Waals surface area contributed by atoms with Gasteiger partial charge in [0.05, 0.1) is 3.57 Å². The van der Waals surface area contributed by atoms with Crippen LogP contribution in [0.15, 0.2) is 22.6 Å². The van der Waals surface area contributed by atoms with Crippen LogP contribution in [0.1, 0.15) is 10.4 Å². The van der Waals surface area contributed by atoms with Crippen molar-refractivity contribution in [2.45, 2.75) is 0 Å². The molecule has 0 bridgehead atoms. The fourth-order valence-electron chi connectivity index (χ4n) is 1.36. The van der Waals surface area contributed by atoms with E-state index in [0.29, 0.717) is 5.58 Å². The standard InChI is InChI=1S/C10H6I2N2O2/c11-5-1-4-2-6(9(13)15)10(14)16-8(4)7(12)3-5/h1-3,14H,(H2,13,15). The number of nitrogens with two attached hydrogens (primary N) is 1. The van der Waals surface area contributed by atoms with Crippen LogP contribution in [0.5, 0.6) is 0 Å². The van der Waals surface area contributed by atoms with Crippen molar-refractivity contribution in [3.05, 3.63) is 36.5 Å². The second kappa shape index (κ2) is 4.32. The van der Waals surface area contributed by atoms with Gasteiger partial charge in [0, 0.05) is 8.96 Å². The molecule has 0 fully saturated rings. The minimum Gasteiger partial charge on any atom is -0.437 e. The van der Waals surface area contributed by atoms with Crippen molar-refractivity contribution >= 4 is 62.1 Å². The molecule has 3 N–H and O–H groups in total. The van der Waals surface area contributed by atoms with Gasteiger partial charge in [-0.15, -0.1) is 0 Å². The van der Waals surface area contributed by atoms with Crippen LogP contribution in [0.25, 0.3) is 11.0 Å². The first-order valence-corrected chi connectivity index (χ1v) is 6.42. The normalized spacial score (nSPS) is 10.6. The van der Waals surface area contributed by atoms with Crippen molar-refractivity contribution < 1.29 is 9.21 Å². The number of halogens is 2. The van der Waals surface area contributed by atoms with Crippen LogP contribution in [0.2, 0.25) is 0 Å². The third kappa shape index (κ3) is 2.08. The lowest BCUT2D eigenvalue weighted by Gasteiger charge is -2.03. The summed E-state index contributed by atoms with van der Waals surface area (Å²) in [5, 5.41) is 8.34. The van der Waals surface area contributed by atoms with E-state index in [2.05, 4.69) is 45.2 Å². The topological polar surface area (TPSA) is 80.1 Å². The zero-order valence-corrected chi connectivity index (χ0v) is 12.2. The third-order valence-corrected chi connectivity index (χ3v) is 3.48. The first kappa shape index (κ1) is 11.8. The molecule has 0 spiro atoms. The van der Waals surface area contributed by atoms with E-state index < -0.39 is 5.91 Å². The minimum atomic E-state index is -0.649. The Labute approximate surface area is 118 Å². The highest BCUT2D eigenvalue weighted by Gasteiger charge is 2.10. The van der Waals surface area contributed by atoms with E-state index in [1.54, 1.807) is 6.07 Å². The molecular formula is C10H6I2N2O2. The first-order valence-electron chi connectivity index (χ1n) is 4.26. The zero-order valence-electron chi connectivity index (χ0n) is 7.88. The molecule has 0 unspecified atom stereocenters. The number of hydrogen-bond donors (Lipinski definition) is 2. The predicted octanol–water partition coefficient (Wildman–Crippen LogP) is 2.22. The molecule has 1 aromatic carbocycles. The van der Waals surface area contributed by atoms with Crippen LogP contribution in [0, 0.1) is 12.5 Å². The Kier molecular flexibility index (Phi) is 3.19. The highest BCUT2D eigenvalue weighted by atomic mass is 127. The van der Waals surface area contributed by atoms with Crippen LogP contribution in [0.3, 0.4) is 0 Å². The number of nitrogens with one attached hydrogen (secondary N) is 1. The summed E-state index contributed by atoms with van der Waals surface area (Å²) in [4.78, 5) is 11.1. The molecule has 82 valence electrons. The smallest absolute Gasteiger partial charge is 0.254 e. The lowest BCUT2D eigenvalue weighted by molar-refractivity contribution is 0.0996. The molecule has 0 aliphatic rings. The van der Waals surface area contributed by atoms with Crippen LogP contribution >= 0.6 is 45.2 Å². The largest absolute Gasteiger partial charge is 0.437 e. The van der Waals surface area contributed by atoms with Crippen molar-refractivity contribution in [3.63, 3.8) is 0 Å². The van der Waals surface area contributed by atoms with E-state index in [-0.39, 0.29) is 11.1 Å². The Morgan fingerprint density at radius 1 is 1.31 bits per heavy atom. The highest BCUT2D eigenvalue weighted by Crippen LogP contribution is 2.23. The fraction of sp³-hybridized carbons (Fsp3) is 0. The molecule has 0 saturated carbocycles. The molecule has 16 heavy (non-hydrogen) atoms.